The molecule has 0 aliphatic heterocycles. The van der Waals surface area contributed by atoms with Crippen LogP contribution in [0.4, 0.5) is 5.69 Å². The molecule has 0 unspecified atom stereocenters. The summed E-state index contributed by atoms with van der Waals surface area (Å²) < 4.78 is 11.2. The van der Waals surface area contributed by atoms with Gasteiger partial charge >= 0.3 is 0 Å². The van der Waals surface area contributed by atoms with Gasteiger partial charge < -0.3 is 20.1 Å². The van der Waals surface area contributed by atoms with Crippen molar-refractivity contribution < 1.29 is 19.1 Å². The van der Waals surface area contributed by atoms with Crippen molar-refractivity contribution in [2.24, 2.45) is 0 Å². The zero-order chi connectivity index (χ0) is 22.2. The minimum absolute atomic E-state index is 0.147. The fourth-order valence-corrected chi connectivity index (χ4v) is 3.04. The Morgan fingerprint density at radius 3 is 2.42 bits per heavy atom. The topological polar surface area (TPSA) is 76.7 Å². The van der Waals surface area contributed by atoms with E-state index in [2.05, 4.69) is 10.6 Å². The molecule has 3 aromatic rings. The van der Waals surface area contributed by atoms with E-state index in [1.807, 2.05) is 30.3 Å². The van der Waals surface area contributed by atoms with Gasteiger partial charge in [0.2, 0.25) is 5.91 Å². The van der Waals surface area contributed by atoms with Crippen LogP contribution in [0.5, 0.6) is 11.5 Å². The van der Waals surface area contributed by atoms with Gasteiger partial charge in [-0.25, -0.2) is 0 Å². The number of hydrogen-bond donors (Lipinski definition) is 2. The normalized spacial score (nSPS) is 10.3. The van der Waals surface area contributed by atoms with Gasteiger partial charge in [-0.15, -0.1) is 0 Å². The second-order valence-corrected chi connectivity index (χ2v) is 7.28. The van der Waals surface area contributed by atoms with Crippen LogP contribution in [0, 0.1) is 0 Å². The monoisotopic (exact) mass is 438 g/mol. The number of halogens is 1. The lowest BCUT2D eigenvalue weighted by Gasteiger charge is -2.13. The predicted molar refractivity (Wildman–Crippen MR) is 121 cm³/mol. The Balaban J connectivity index is 1.62. The van der Waals surface area contributed by atoms with Gasteiger partial charge in [-0.3, -0.25) is 9.59 Å². The first-order valence-corrected chi connectivity index (χ1v) is 10.0. The molecule has 3 rings (SSSR count). The molecule has 0 aliphatic rings. The van der Waals surface area contributed by atoms with Crippen LogP contribution in [0.1, 0.15) is 28.4 Å². The lowest BCUT2D eigenvalue weighted by molar-refractivity contribution is -0.114. The first-order chi connectivity index (χ1) is 14.9. The van der Waals surface area contributed by atoms with Crippen molar-refractivity contribution in [2.75, 3.05) is 12.4 Å². The molecule has 0 saturated carbocycles. The summed E-state index contributed by atoms with van der Waals surface area (Å²) in [6, 6.07) is 19.7. The summed E-state index contributed by atoms with van der Waals surface area (Å²) in [6.45, 7) is 2.12. The van der Waals surface area contributed by atoms with Crippen LogP contribution in [0.2, 0.25) is 5.02 Å². The molecule has 0 saturated heterocycles. The van der Waals surface area contributed by atoms with E-state index in [9.17, 15) is 9.59 Å². The standard InChI is InChI=1S/C24H23ClN2O4/c1-16(28)27-21-5-3-4-18(12-21)14-26-24(29)19-8-11-22(23(13-19)30-2)31-15-17-6-9-20(25)10-7-17/h3-13H,14-15H2,1-2H3,(H,26,29)(H,27,28). The maximum atomic E-state index is 12.6. The number of carbonyl (C=O) groups is 2. The molecular weight excluding hydrogens is 416 g/mol. The fraction of sp³-hybridized carbons (Fsp3) is 0.167. The third-order valence-electron chi connectivity index (χ3n) is 4.43. The van der Waals surface area contributed by atoms with E-state index in [0.717, 1.165) is 11.1 Å². The van der Waals surface area contributed by atoms with E-state index in [-0.39, 0.29) is 11.8 Å². The van der Waals surface area contributed by atoms with Gasteiger partial charge in [0.1, 0.15) is 6.61 Å². The van der Waals surface area contributed by atoms with Crippen LogP contribution in [-0.2, 0) is 17.9 Å². The second-order valence-electron chi connectivity index (χ2n) is 6.85. The molecule has 160 valence electrons. The Morgan fingerprint density at radius 2 is 1.71 bits per heavy atom. The molecule has 7 heteroatoms. The summed E-state index contributed by atoms with van der Waals surface area (Å²) in [7, 11) is 1.53. The molecule has 2 amide bonds. The molecule has 0 radical (unpaired) electrons. The first-order valence-electron chi connectivity index (χ1n) is 9.64. The zero-order valence-corrected chi connectivity index (χ0v) is 18.0. The van der Waals surface area contributed by atoms with Crippen molar-refractivity contribution in [2.45, 2.75) is 20.1 Å². The number of amides is 2. The third kappa shape index (κ3) is 6.49. The van der Waals surface area contributed by atoms with E-state index < -0.39 is 0 Å². The summed E-state index contributed by atoms with van der Waals surface area (Å²) in [5.74, 6) is 0.616. The number of rotatable bonds is 8. The Morgan fingerprint density at radius 1 is 0.935 bits per heavy atom. The number of carbonyl (C=O) groups excluding carboxylic acids is 2. The minimum Gasteiger partial charge on any atom is -0.493 e. The van der Waals surface area contributed by atoms with Crippen molar-refractivity contribution in [3.05, 3.63) is 88.4 Å². The molecule has 0 fully saturated rings. The Labute approximate surface area is 186 Å². The fourth-order valence-electron chi connectivity index (χ4n) is 2.92. The van der Waals surface area contributed by atoms with Crippen molar-refractivity contribution in [1.29, 1.82) is 0 Å². The minimum atomic E-state index is -0.243. The van der Waals surface area contributed by atoms with Crippen LogP contribution in [0.3, 0.4) is 0 Å². The highest BCUT2D eigenvalue weighted by Crippen LogP contribution is 2.29. The quantitative estimate of drug-likeness (QED) is 0.528. The summed E-state index contributed by atoms with van der Waals surface area (Å²) in [5, 5.41) is 6.26. The van der Waals surface area contributed by atoms with E-state index in [0.29, 0.717) is 40.9 Å². The first kappa shape index (κ1) is 22.2. The van der Waals surface area contributed by atoms with Crippen LogP contribution in [-0.4, -0.2) is 18.9 Å². The highest BCUT2D eigenvalue weighted by molar-refractivity contribution is 6.30. The number of ether oxygens (including phenoxy) is 2. The Kier molecular flexibility index (Phi) is 7.51. The molecule has 0 aliphatic carbocycles. The van der Waals surface area contributed by atoms with Gasteiger partial charge in [0.05, 0.1) is 7.11 Å². The average molecular weight is 439 g/mol. The largest absolute Gasteiger partial charge is 0.493 e. The molecule has 3 aromatic carbocycles. The van der Waals surface area contributed by atoms with Gasteiger partial charge in [-0.05, 0) is 53.6 Å². The van der Waals surface area contributed by atoms with Crippen LogP contribution >= 0.6 is 11.6 Å². The van der Waals surface area contributed by atoms with Gasteiger partial charge in [-0.1, -0.05) is 35.9 Å². The van der Waals surface area contributed by atoms with Crippen molar-refractivity contribution in [3.8, 4) is 11.5 Å². The highest BCUT2D eigenvalue weighted by atomic mass is 35.5. The van der Waals surface area contributed by atoms with E-state index in [1.165, 1.54) is 14.0 Å². The maximum absolute atomic E-state index is 12.6. The summed E-state index contributed by atoms with van der Waals surface area (Å²) in [6.07, 6.45) is 0. The maximum Gasteiger partial charge on any atom is 0.251 e. The summed E-state index contributed by atoms with van der Waals surface area (Å²) in [5.41, 5.74) is 2.97. The molecule has 2 N–H and O–H groups in total. The number of anilines is 1. The average Bonchev–Trinajstić information content (AvgIpc) is 2.77. The number of hydrogen-bond acceptors (Lipinski definition) is 4. The van der Waals surface area contributed by atoms with Gasteiger partial charge in [-0.2, -0.15) is 0 Å². The molecule has 0 bridgehead atoms. The van der Waals surface area contributed by atoms with Crippen molar-refractivity contribution >= 4 is 29.1 Å². The Hall–Kier alpha value is -3.51. The summed E-state index contributed by atoms with van der Waals surface area (Å²) >= 11 is 5.90. The van der Waals surface area contributed by atoms with E-state index in [1.54, 1.807) is 36.4 Å². The molecule has 0 spiro atoms. The molecule has 6 nitrogen and oxygen atoms in total. The number of methoxy groups -OCH3 is 1. The molecule has 0 atom stereocenters. The molecular formula is C24H23ClN2O4. The smallest absolute Gasteiger partial charge is 0.251 e. The molecule has 0 heterocycles. The zero-order valence-electron chi connectivity index (χ0n) is 17.3. The van der Waals surface area contributed by atoms with E-state index >= 15 is 0 Å². The Bertz CT molecular complexity index is 1070. The van der Waals surface area contributed by atoms with Gasteiger partial charge in [0, 0.05) is 29.7 Å². The SMILES string of the molecule is COc1cc(C(=O)NCc2cccc(NC(C)=O)c2)ccc1OCc1ccc(Cl)cc1. The van der Waals surface area contributed by atoms with Crippen molar-refractivity contribution in [1.82, 2.24) is 5.32 Å². The van der Waals surface area contributed by atoms with Crippen LogP contribution in [0.25, 0.3) is 0 Å². The second kappa shape index (κ2) is 10.5. The van der Waals surface area contributed by atoms with Gasteiger partial charge in [0.25, 0.3) is 5.91 Å². The van der Waals surface area contributed by atoms with Crippen LogP contribution in [0.15, 0.2) is 66.7 Å². The molecule has 0 aromatic heterocycles. The van der Waals surface area contributed by atoms with Gasteiger partial charge in [0.15, 0.2) is 11.5 Å². The number of benzene rings is 3. The summed E-state index contributed by atoms with van der Waals surface area (Å²) in [4.78, 5) is 23.8. The van der Waals surface area contributed by atoms with Crippen LogP contribution < -0.4 is 20.1 Å². The lowest BCUT2D eigenvalue weighted by Crippen LogP contribution is -2.23. The highest BCUT2D eigenvalue weighted by Gasteiger charge is 2.12. The van der Waals surface area contributed by atoms with Crippen molar-refractivity contribution in [3.63, 3.8) is 0 Å². The molecule has 31 heavy (non-hydrogen) atoms. The third-order valence-corrected chi connectivity index (χ3v) is 4.69. The van der Waals surface area contributed by atoms with E-state index in [4.69, 9.17) is 21.1 Å². The predicted octanol–water partition coefficient (Wildman–Crippen LogP) is 4.82. The number of nitrogens with one attached hydrogen (secondary N) is 2. The lowest BCUT2D eigenvalue weighted by atomic mass is 10.1.